The van der Waals surface area contributed by atoms with Crippen molar-refractivity contribution in [1.82, 2.24) is 19.8 Å². The molecule has 1 saturated carbocycles. The highest BCUT2D eigenvalue weighted by Crippen LogP contribution is 2.31. The van der Waals surface area contributed by atoms with Crippen LogP contribution in [0.3, 0.4) is 0 Å². The van der Waals surface area contributed by atoms with Gasteiger partial charge in [0.25, 0.3) is 5.91 Å². The van der Waals surface area contributed by atoms with Crippen LogP contribution >= 0.6 is 0 Å². The number of benzene rings is 2. The van der Waals surface area contributed by atoms with Crippen LogP contribution in [0.25, 0.3) is 11.8 Å². The number of imidazole rings is 1. The molecule has 7 nitrogen and oxygen atoms in total. The summed E-state index contributed by atoms with van der Waals surface area (Å²) in [6.45, 7) is 7.85. The van der Waals surface area contributed by atoms with Crippen molar-refractivity contribution in [3.8, 4) is 11.4 Å². The fraction of sp³-hybridized carbons (Fsp3) is 0.321. The molecule has 0 unspecified atom stereocenters. The van der Waals surface area contributed by atoms with E-state index in [4.69, 9.17) is 9.73 Å². The van der Waals surface area contributed by atoms with Gasteiger partial charge >= 0.3 is 0 Å². The Kier molecular flexibility index (Phi) is 7.52. The molecule has 1 saturated heterocycles. The number of carbonyl (C=O) groups is 1. The van der Waals surface area contributed by atoms with Gasteiger partial charge in [0.1, 0.15) is 17.3 Å². The molecule has 0 bridgehead atoms. The number of guanidine groups is 1. The van der Waals surface area contributed by atoms with Crippen molar-refractivity contribution in [3.63, 3.8) is 0 Å². The number of aliphatic imine (C=N–C) groups is 1. The van der Waals surface area contributed by atoms with Crippen LogP contribution in [0.5, 0.6) is 5.75 Å². The predicted octanol–water partition coefficient (Wildman–Crippen LogP) is 5.41. The summed E-state index contributed by atoms with van der Waals surface area (Å²) in [5.41, 5.74) is 3.85. The number of aryl methyl sites for hydroxylation is 1. The number of aromatic nitrogens is 2. The highest BCUT2D eigenvalue weighted by atomic mass is 19.1. The third-order valence-corrected chi connectivity index (χ3v) is 6.02. The monoisotopic (exact) mass is 489 g/mol. The molecule has 1 aliphatic carbocycles. The molecule has 36 heavy (non-hydrogen) atoms. The Balaban J connectivity index is 0.00000148. The Bertz CT molecular complexity index is 1290. The zero-order chi connectivity index (χ0) is 25.8. The van der Waals surface area contributed by atoms with E-state index in [9.17, 15) is 9.18 Å². The lowest BCUT2D eigenvalue weighted by Crippen LogP contribution is -2.35. The SMILES string of the molecule is CC.COc1cc(/C=C2\NC(=NC3CC3)N([C@@H](C)c3ccc(F)cc3)C2=O)ccc1-n1cnc(C)c1. The number of nitrogens with zero attached hydrogens (tertiary/aromatic N) is 4. The maximum Gasteiger partial charge on any atom is 0.277 e. The number of hydrogen-bond donors (Lipinski definition) is 1. The number of rotatable bonds is 6. The molecule has 2 heterocycles. The van der Waals surface area contributed by atoms with E-state index in [2.05, 4.69) is 10.3 Å². The summed E-state index contributed by atoms with van der Waals surface area (Å²) in [7, 11) is 1.62. The van der Waals surface area contributed by atoms with Crippen LogP contribution in [0.4, 0.5) is 4.39 Å². The van der Waals surface area contributed by atoms with Gasteiger partial charge < -0.3 is 14.6 Å². The normalized spacial score (nSPS) is 18.2. The summed E-state index contributed by atoms with van der Waals surface area (Å²) in [5, 5.41) is 3.22. The number of ether oxygens (including phenoxy) is 1. The van der Waals surface area contributed by atoms with Gasteiger partial charge in [0.2, 0.25) is 5.96 Å². The number of hydrogen-bond acceptors (Lipinski definition) is 4. The second-order valence-electron chi connectivity index (χ2n) is 8.62. The van der Waals surface area contributed by atoms with Gasteiger partial charge in [-0.2, -0.15) is 0 Å². The van der Waals surface area contributed by atoms with Gasteiger partial charge in [-0.15, -0.1) is 0 Å². The van der Waals surface area contributed by atoms with Gasteiger partial charge in [-0.25, -0.2) is 14.4 Å². The van der Waals surface area contributed by atoms with Crippen molar-refractivity contribution in [1.29, 1.82) is 0 Å². The zero-order valence-electron chi connectivity index (χ0n) is 21.3. The first kappa shape index (κ1) is 25.2. The minimum absolute atomic E-state index is 0.176. The molecule has 2 aromatic carbocycles. The Morgan fingerprint density at radius 2 is 1.92 bits per heavy atom. The second-order valence-corrected chi connectivity index (χ2v) is 8.62. The Morgan fingerprint density at radius 3 is 2.53 bits per heavy atom. The molecule has 5 rings (SSSR count). The van der Waals surface area contributed by atoms with Gasteiger partial charge in [0.15, 0.2) is 0 Å². The summed E-state index contributed by atoms with van der Waals surface area (Å²) in [6.07, 6.45) is 7.50. The second kappa shape index (κ2) is 10.8. The minimum atomic E-state index is -0.308. The number of nitrogens with one attached hydrogen (secondary N) is 1. The quantitative estimate of drug-likeness (QED) is 0.470. The summed E-state index contributed by atoms with van der Waals surface area (Å²) in [6, 6.07) is 11.9. The van der Waals surface area contributed by atoms with Crippen LogP contribution in [0.15, 0.2) is 65.7 Å². The van der Waals surface area contributed by atoms with E-state index in [1.807, 2.05) is 56.7 Å². The molecule has 188 valence electrons. The van der Waals surface area contributed by atoms with E-state index in [0.29, 0.717) is 17.4 Å². The third kappa shape index (κ3) is 5.32. The van der Waals surface area contributed by atoms with Crippen molar-refractivity contribution in [2.45, 2.75) is 52.6 Å². The highest BCUT2D eigenvalue weighted by Gasteiger charge is 2.37. The molecule has 1 amide bonds. The van der Waals surface area contributed by atoms with Gasteiger partial charge in [-0.1, -0.05) is 32.0 Å². The fourth-order valence-electron chi connectivity index (χ4n) is 4.00. The van der Waals surface area contributed by atoms with E-state index < -0.39 is 0 Å². The lowest BCUT2D eigenvalue weighted by Gasteiger charge is -2.23. The molecule has 1 aliphatic heterocycles. The van der Waals surface area contributed by atoms with Crippen LogP contribution in [0.2, 0.25) is 0 Å². The number of carbonyl (C=O) groups excluding carboxylic acids is 1. The lowest BCUT2D eigenvalue weighted by molar-refractivity contribution is -0.123. The summed E-state index contributed by atoms with van der Waals surface area (Å²) in [4.78, 5) is 24.1. The molecular weight excluding hydrogens is 457 g/mol. The van der Waals surface area contributed by atoms with E-state index in [1.54, 1.807) is 36.5 Å². The largest absolute Gasteiger partial charge is 0.495 e. The Morgan fingerprint density at radius 1 is 1.19 bits per heavy atom. The average Bonchev–Trinajstić information content (AvgIpc) is 3.52. The number of methoxy groups -OCH3 is 1. The molecule has 1 aromatic heterocycles. The number of halogens is 1. The first-order valence-electron chi connectivity index (χ1n) is 12.3. The van der Waals surface area contributed by atoms with Crippen molar-refractivity contribution in [3.05, 3.63) is 83.3 Å². The standard InChI is InChI=1S/C26H26FN5O2.C2H6/c1-16-14-31(15-28-16)23-11-4-18(13-24(23)34-3)12-22-25(33)32(26(30-22)29-21-9-10-21)17(2)19-5-7-20(27)8-6-19;1-2/h4-8,11-15,17,21H,9-10H2,1-3H3,(H,29,30);1-2H3/b22-12-;/t17-;/m0./s1. The van der Waals surface area contributed by atoms with Gasteiger partial charge in [-0.3, -0.25) is 9.69 Å². The van der Waals surface area contributed by atoms with E-state index in [1.165, 1.54) is 12.1 Å². The highest BCUT2D eigenvalue weighted by molar-refractivity contribution is 6.15. The van der Waals surface area contributed by atoms with Crippen LogP contribution in [-0.4, -0.2) is 39.5 Å². The maximum atomic E-state index is 13.4. The molecule has 1 atom stereocenters. The first-order valence-corrected chi connectivity index (χ1v) is 12.3. The molecule has 0 radical (unpaired) electrons. The lowest BCUT2D eigenvalue weighted by atomic mass is 10.1. The van der Waals surface area contributed by atoms with Crippen LogP contribution < -0.4 is 10.1 Å². The predicted molar refractivity (Wildman–Crippen MR) is 139 cm³/mol. The topological polar surface area (TPSA) is 71.8 Å². The summed E-state index contributed by atoms with van der Waals surface area (Å²) >= 11 is 0. The third-order valence-electron chi connectivity index (χ3n) is 6.02. The van der Waals surface area contributed by atoms with Crippen molar-refractivity contribution in [2.75, 3.05) is 7.11 Å². The smallest absolute Gasteiger partial charge is 0.277 e. The van der Waals surface area contributed by atoms with Gasteiger partial charge in [0.05, 0.1) is 36.9 Å². The van der Waals surface area contributed by atoms with Crippen LogP contribution in [-0.2, 0) is 4.79 Å². The summed E-state index contributed by atoms with van der Waals surface area (Å²) < 4.78 is 20.9. The van der Waals surface area contributed by atoms with E-state index in [0.717, 1.165) is 35.3 Å². The molecule has 8 heteroatoms. The fourth-order valence-corrected chi connectivity index (χ4v) is 4.00. The first-order chi connectivity index (χ1) is 17.4. The Hall–Kier alpha value is -3.94. The van der Waals surface area contributed by atoms with Crippen molar-refractivity contribution >= 4 is 17.9 Å². The molecule has 0 spiro atoms. The molecule has 3 aromatic rings. The molecule has 2 aliphatic rings. The van der Waals surface area contributed by atoms with Gasteiger partial charge in [0, 0.05) is 6.20 Å². The molecule has 2 fully saturated rings. The van der Waals surface area contributed by atoms with Crippen molar-refractivity contribution < 1.29 is 13.9 Å². The number of amides is 1. The van der Waals surface area contributed by atoms with Crippen LogP contribution in [0, 0.1) is 12.7 Å². The maximum absolute atomic E-state index is 13.4. The molecule has 1 N–H and O–H groups in total. The Labute approximate surface area is 211 Å². The van der Waals surface area contributed by atoms with Crippen molar-refractivity contribution in [2.24, 2.45) is 4.99 Å². The van der Waals surface area contributed by atoms with E-state index in [-0.39, 0.29) is 23.8 Å². The minimum Gasteiger partial charge on any atom is -0.495 e. The molecular formula is C28H32FN5O2. The zero-order valence-corrected chi connectivity index (χ0v) is 21.3. The average molecular weight is 490 g/mol. The van der Waals surface area contributed by atoms with E-state index >= 15 is 0 Å². The summed E-state index contributed by atoms with van der Waals surface area (Å²) in [5.74, 6) is 0.718. The van der Waals surface area contributed by atoms with Gasteiger partial charge in [-0.05, 0) is 68.2 Å². The van der Waals surface area contributed by atoms with Crippen LogP contribution in [0.1, 0.15) is 56.5 Å².